The Morgan fingerprint density at radius 2 is 2.27 bits per heavy atom. The maximum absolute atomic E-state index is 10.8. The summed E-state index contributed by atoms with van der Waals surface area (Å²) in [5.74, 6) is 0.462. The molecule has 0 heterocycles. The molecule has 1 aliphatic rings. The molecule has 0 radical (unpaired) electrons. The Balaban J connectivity index is 2.06. The first-order chi connectivity index (χ1) is 7.16. The van der Waals surface area contributed by atoms with Gasteiger partial charge in [0.1, 0.15) is 11.5 Å². The zero-order valence-electron chi connectivity index (χ0n) is 8.27. The summed E-state index contributed by atoms with van der Waals surface area (Å²) in [6.07, 6.45) is 2.43. The molecule has 2 rings (SSSR count). The van der Waals surface area contributed by atoms with Gasteiger partial charge in [-0.3, -0.25) is 4.79 Å². The van der Waals surface area contributed by atoms with E-state index in [-0.39, 0.29) is 11.3 Å². The van der Waals surface area contributed by atoms with Gasteiger partial charge in [-0.05, 0) is 30.9 Å². The minimum absolute atomic E-state index is 0.119. The molecule has 0 atom stereocenters. The normalized spacial score (nSPS) is 14.9. The van der Waals surface area contributed by atoms with E-state index in [0.29, 0.717) is 18.3 Å². The lowest BCUT2D eigenvalue weighted by molar-refractivity contribution is 0.0997. The van der Waals surface area contributed by atoms with Crippen LogP contribution in [0.2, 0.25) is 0 Å². The molecule has 1 amide bonds. The van der Waals surface area contributed by atoms with Crippen LogP contribution in [0.3, 0.4) is 0 Å². The number of hydrogen-bond acceptors (Lipinski definition) is 3. The first kappa shape index (κ1) is 9.83. The van der Waals surface area contributed by atoms with Crippen molar-refractivity contribution in [2.75, 3.05) is 6.61 Å². The quantitative estimate of drug-likeness (QED) is 0.781. The van der Waals surface area contributed by atoms with Gasteiger partial charge < -0.3 is 15.6 Å². The van der Waals surface area contributed by atoms with Crippen molar-refractivity contribution in [2.45, 2.75) is 12.8 Å². The van der Waals surface area contributed by atoms with Gasteiger partial charge in [-0.1, -0.05) is 0 Å². The van der Waals surface area contributed by atoms with Gasteiger partial charge in [-0.15, -0.1) is 0 Å². The lowest BCUT2D eigenvalue weighted by atomic mass is 10.2. The van der Waals surface area contributed by atoms with Crippen LogP contribution in [-0.2, 0) is 0 Å². The third kappa shape index (κ3) is 2.40. The van der Waals surface area contributed by atoms with Crippen LogP contribution in [0.1, 0.15) is 23.2 Å². The zero-order chi connectivity index (χ0) is 10.8. The van der Waals surface area contributed by atoms with Crippen LogP contribution in [0.15, 0.2) is 18.2 Å². The summed E-state index contributed by atoms with van der Waals surface area (Å²) >= 11 is 0. The topological polar surface area (TPSA) is 72.6 Å². The molecule has 1 fully saturated rings. The highest BCUT2D eigenvalue weighted by Gasteiger charge is 2.22. The van der Waals surface area contributed by atoms with Crippen LogP contribution < -0.4 is 10.5 Å². The number of carbonyl (C=O) groups excluding carboxylic acids is 1. The third-order valence-electron chi connectivity index (χ3n) is 2.42. The maximum Gasteiger partial charge on any atom is 0.252 e. The van der Waals surface area contributed by atoms with Crippen LogP contribution in [0.4, 0.5) is 0 Å². The van der Waals surface area contributed by atoms with Crippen LogP contribution >= 0.6 is 0 Å². The van der Waals surface area contributed by atoms with Crippen molar-refractivity contribution >= 4 is 5.91 Å². The number of nitrogens with two attached hydrogens (primary N) is 1. The van der Waals surface area contributed by atoms with Gasteiger partial charge in [-0.2, -0.15) is 0 Å². The Morgan fingerprint density at radius 3 is 2.80 bits per heavy atom. The van der Waals surface area contributed by atoms with E-state index in [4.69, 9.17) is 10.5 Å². The molecular formula is C11H13NO3. The van der Waals surface area contributed by atoms with E-state index >= 15 is 0 Å². The van der Waals surface area contributed by atoms with Crippen molar-refractivity contribution < 1.29 is 14.6 Å². The van der Waals surface area contributed by atoms with Crippen LogP contribution in [-0.4, -0.2) is 17.6 Å². The van der Waals surface area contributed by atoms with Crippen molar-refractivity contribution in [2.24, 2.45) is 11.7 Å². The molecule has 3 N–H and O–H groups in total. The smallest absolute Gasteiger partial charge is 0.252 e. The number of rotatable bonds is 4. The van der Waals surface area contributed by atoms with E-state index in [2.05, 4.69) is 0 Å². The second kappa shape index (κ2) is 3.81. The van der Waals surface area contributed by atoms with Crippen molar-refractivity contribution in [3.8, 4) is 11.5 Å². The van der Waals surface area contributed by atoms with Crippen molar-refractivity contribution in [3.63, 3.8) is 0 Å². The van der Waals surface area contributed by atoms with Gasteiger partial charge >= 0.3 is 0 Å². The molecule has 1 aromatic rings. The molecule has 4 heteroatoms. The Hall–Kier alpha value is -1.71. The number of ether oxygens (including phenoxy) is 1. The highest BCUT2D eigenvalue weighted by Crippen LogP contribution is 2.30. The van der Waals surface area contributed by atoms with Gasteiger partial charge in [0, 0.05) is 6.07 Å². The Bertz CT molecular complexity index is 385. The molecule has 80 valence electrons. The largest absolute Gasteiger partial charge is 0.507 e. The molecule has 4 nitrogen and oxygen atoms in total. The first-order valence-electron chi connectivity index (χ1n) is 4.92. The highest BCUT2D eigenvalue weighted by atomic mass is 16.5. The lowest BCUT2D eigenvalue weighted by Gasteiger charge is -2.06. The fraction of sp³-hybridized carbons (Fsp3) is 0.364. The second-order valence-electron chi connectivity index (χ2n) is 3.80. The van der Waals surface area contributed by atoms with Crippen molar-refractivity contribution in [1.29, 1.82) is 0 Å². The minimum Gasteiger partial charge on any atom is -0.507 e. The van der Waals surface area contributed by atoms with E-state index in [1.807, 2.05) is 0 Å². The summed E-state index contributed by atoms with van der Waals surface area (Å²) in [7, 11) is 0. The van der Waals surface area contributed by atoms with Crippen LogP contribution in [0, 0.1) is 5.92 Å². The number of aromatic hydroxyl groups is 1. The lowest BCUT2D eigenvalue weighted by Crippen LogP contribution is -2.11. The fourth-order valence-corrected chi connectivity index (χ4v) is 1.31. The molecule has 1 aliphatic carbocycles. The van der Waals surface area contributed by atoms with Crippen molar-refractivity contribution in [1.82, 2.24) is 0 Å². The predicted molar refractivity (Wildman–Crippen MR) is 54.8 cm³/mol. The van der Waals surface area contributed by atoms with Crippen LogP contribution in [0.25, 0.3) is 0 Å². The summed E-state index contributed by atoms with van der Waals surface area (Å²) < 4.78 is 5.43. The van der Waals surface area contributed by atoms with Gasteiger partial charge in [0.2, 0.25) is 0 Å². The van der Waals surface area contributed by atoms with E-state index in [1.54, 1.807) is 6.07 Å². The molecule has 1 saturated carbocycles. The van der Waals surface area contributed by atoms with Gasteiger partial charge in [-0.25, -0.2) is 0 Å². The Morgan fingerprint density at radius 1 is 1.53 bits per heavy atom. The predicted octanol–water partition coefficient (Wildman–Crippen LogP) is 1.28. The zero-order valence-corrected chi connectivity index (χ0v) is 8.27. The molecule has 1 aromatic carbocycles. The molecule has 15 heavy (non-hydrogen) atoms. The second-order valence-corrected chi connectivity index (χ2v) is 3.80. The summed E-state index contributed by atoms with van der Waals surface area (Å²) in [5, 5.41) is 9.46. The molecule has 0 bridgehead atoms. The number of phenols is 1. The van der Waals surface area contributed by atoms with E-state index in [1.165, 1.54) is 25.0 Å². The molecule has 0 spiro atoms. The number of hydrogen-bond donors (Lipinski definition) is 2. The molecular weight excluding hydrogens is 194 g/mol. The number of primary amides is 1. The fourth-order valence-electron chi connectivity index (χ4n) is 1.31. The Labute approximate surface area is 87.7 Å². The summed E-state index contributed by atoms with van der Waals surface area (Å²) in [6.45, 7) is 0.676. The monoisotopic (exact) mass is 207 g/mol. The van der Waals surface area contributed by atoms with E-state index in [9.17, 15) is 9.90 Å². The molecule has 0 unspecified atom stereocenters. The molecule has 0 aromatic heterocycles. The van der Waals surface area contributed by atoms with E-state index in [0.717, 1.165) is 0 Å². The molecule has 0 saturated heterocycles. The maximum atomic E-state index is 10.8. The number of carbonyl (C=O) groups is 1. The molecule has 0 aliphatic heterocycles. The van der Waals surface area contributed by atoms with E-state index < -0.39 is 5.91 Å². The van der Waals surface area contributed by atoms with Gasteiger partial charge in [0.15, 0.2) is 0 Å². The highest BCUT2D eigenvalue weighted by molar-refractivity contribution is 5.95. The first-order valence-corrected chi connectivity index (χ1v) is 4.92. The van der Waals surface area contributed by atoms with Crippen LogP contribution in [0.5, 0.6) is 11.5 Å². The standard InChI is InChI=1S/C11H13NO3/c12-11(14)9-4-3-8(5-10(9)13)15-6-7-1-2-7/h3-5,7,13H,1-2,6H2,(H2,12,14). The third-order valence-corrected chi connectivity index (χ3v) is 2.42. The summed E-state index contributed by atoms with van der Waals surface area (Å²) in [6, 6.07) is 4.53. The average Bonchev–Trinajstić information content (AvgIpc) is 2.97. The van der Waals surface area contributed by atoms with Gasteiger partial charge in [0.05, 0.1) is 12.2 Å². The van der Waals surface area contributed by atoms with Crippen molar-refractivity contribution in [3.05, 3.63) is 23.8 Å². The SMILES string of the molecule is NC(=O)c1ccc(OCC2CC2)cc1O. The average molecular weight is 207 g/mol. The summed E-state index contributed by atoms with van der Waals surface area (Å²) in [5.41, 5.74) is 5.18. The summed E-state index contributed by atoms with van der Waals surface area (Å²) in [4.78, 5) is 10.8. The minimum atomic E-state index is -0.638. The van der Waals surface area contributed by atoms with Gasteiger partial charge in [0.25, 0.3) is 5.91 Å². The number of amides is 1. The Kier molecular flexibility index (Phi) is 2.49. The number of benzene rings is 1.